The van der Waals surface area contributed by atoms with Crippen molar-refractivity contribution in [3.8, 4) is 0 Å². The van der Waals surface area contributed by atoms with E-state index in [-0.39, 0.29) is 0 Å². The van der Waals surface area contributed by atoms with Crippen molar-refractivity contribution >= 4 is 31.3 Å². The molecule has 0 spiro atoms. The highest BCUT2D eigenvalue weighted by molar-refractivity contribution is 8.71. The third-order valence-corrected chi connectivity index (χ3v) is 3.37. The van der Waals surface area contributed by atoms with Crippen LogP contribution in [-0.4, -0.2) is 26.3 Å². The molecule has 8 heavy (non-hydrogen) atoms. The number of hydrogen-bond acceptors (Lipinski definition) is 3. The number of hydrogen-bond donors (Lipinski definition) is 0. The molecule has 0 saturated heterocycles. The molecule has 5 heteroatoms. The molecule has 0 fully saturated rings. The van der Waals surface area contributed by atoms with Crippen LogP contribution < -0.4 is 0 Å². The molecule has 0 aliphatic rings. The van der Waals surface area contributed by atoms with Crippen LogP contribution in [-0.2, 0) is 8.87 Å². The van der Waals surface area contributed by atoms with Crippen molar-refractivity contribution in [2.24, 2.45) is 0 Å². The lowest BCUT2D eigenvalue weighted by atomic mass is 11.0. The second-order valence-electron chi connectivity index (χ2n) is 1.22. The van der Waals surface area contributed by atoms with Crippen LogP contribution >= 0.6 is 22.4 Å². The minimum atomic E-state index is -2.85. The molecule has 0 aromatic carbocycles. The highest BCUT2D eigenvalue weighted by Gasteiger charge is 1.99. The van der Waals surface area contributed by atoms with Gasteiger partial charge in [-0.1, -0.05) is 0 Å². The summed E-state index contributed by atoms with van der Waals surface area (Å²) < 4.78 is 20.6. The fourth-order valence-corrected chi connectivity index (χ4v) is 2.21. The third kappa shape index (κ3) is 6.59. The zero-order valence-electron chi connectivity index (χ0n) is 4.43. The molecule has 0 atom stereocenters. The molecule has 0 aromatic heterocycles. The van der Waals surface area contributed by atoms with E-state index in [4.69, 9.17) is 11.6 Å². The molecule has 0 saturated carbocycles. The summed E-state index contributed by atoms with van der Waals surface area (Å²) in [5.74, 6) is 0.859. The Kier molecular flexibility index (Phi) is 3.85. The largest absolute Gasteiger partial charge is 0.218 e. The van der Waals surface area contributed by atoms with Crippen LogP contribution in [0.5, 0.6) is 0 Å². The lowest BCUT2D eigenvalue weighted by Crippen LogP contribution is -1.90. The van der Waals surface area contributed by atoms with E-state index in [1.54, 1.807) is 0 Å². The van der Waals surface area contributed by atoms with Gasteiger partial charge in [-0.15, -0.1) is 11.6 Å². The molecule has 0 bridgehead atoms. The highest BCUT2D eigenvalue weighted by Crippen LogP contribution is 2.08. The van der Waals surface area contributed by atoms with Crippen LogP contribution in [0.3, 0.4) is 0 Å². The Balaban J connectivity index is 3.42. The van der Waals surface area contributed by atoms with Gasteiger partial charge in [-0.05, 0) is 10.8 Å². The maximum absolute atomic E-state index is 10.3. The molecule has 0 aromatic rings. The van der Waals surface area contributed by atoms with Crippen LogP contribution in [0.1, 0.15) is 0 Å². The van der Waals surface area contributed by atoms with Crippen molar-refractivity contribution < 1.29 is 8.42 Å². The first-order valence-electron chi connectivity index (χ1n) is 1.96. The molecule has 2 nitrogen and oxygen atoms in total. The van der Waals surface area contributed by atoms with Gasteiger partial charge < -0.3 is 0 Å². The summed E-state index contributed by atoms with van der Waals surface area (Å²) in [4.78, 5) is 0. The summed E-state index contributed by atoms with van der Waals surface area (Å²) in [5, 5.41) is 0. The minimum absolute atomic E-state index is 0.387. The van der Waals surface area contributed by atoms with Crippen molar-refractivity contribution in [2.45, 2.75) is 0 Å². The summed E-state index contributed by atoms with van der Waals surface area (Å²) in [6.45, 7) is 0. The lowest BCUT2D eigenvalue weighted by molar-refractivity contribution is 0.615. The standard InChI is InChI=1S/C3H7ClO2S2/c1-8(5,6)7-3-2-4/h2-3H2,1H3. The third-order valence-electron chi connectivity index (χ3n) is 0.375. The second kappa shape index (κ2) is 3.58. The average molecular weight is 175 g/mol. The topological polar surface area (TPSA) is 34.1 Å². The van der Waals surface area contributed by atoms with Crippen LogP contribution in [0, 0.1) is 0 Å². The number of halogens is 1. The summed E-state index contributed by atoms with van der Waals surface area (Å²) in [5.41, 5.74) is 0. The monoisotopic (exact) mass is 174 g/mol. The van der Waals surface area contributed by atoms with Gasteiger partial charge >= 0.3 is 0 Å². The van der Waals surface area contributed by atoms with Gasteiger partial charge in [0.25, 0.3) is 0 Å². The van der Waals surface area contributed by atoms with Crippen LogP contribution in [0.2, 0.25) is 0 Å². The summed E-state index contributed by atoms with van der Waals surface area (Å²) in [7, 11) is -1.98. The normalized spacial score (nSPS) is 11.8. The molecule has 50 valence electrons. The molecule has 0 aliphatic heterocycles. The Morgan fingerprint density at radius 2 is 2.12 bits per heavy atom. The number of alkyl halides is 1. The Morgan fingerprint density at radius 3 is 2.25 bits per heavy atom. The van der Waals surface area contributed by atoms with E-state index in [0.29, 0.717) is 11.6 Å². The Bertz CT molecular complexity index is 139. The van der Waals surface area contributed by atoms with E-state index in [2.05, 4.69) is 0 Å². The quantitative estimate of drug-likeness (QED) is 0.472. The fourth-order valence-electron chi connectivity index (χ4n) is 0.183. The highest BCUT2D eigenvalue weighted by atomic mass is 35.5. The van der Waals surface area contributed by atoms with Crippen molar-refractivity contribution in [1.29, 1.82) is 0 Å². The predicted octanol–water partition coefficient (Wildman–Crippen LogP) is 0.918. The first-order valence-corrected chi connectivity index (χ1v) is 5.89. The van der Waals surface area contributed by atoms with Crippen LogP contribution in [0.25, 0.3) is 0 Å². The van der Waals surface area contributed by atoms with Crippen molar-refractivity contribution in [1.82, 2.24) is 0 Å². The smallest absolute Gasteiger partial charge is 0.198 e. The van der Waals surface area contributed by atoms with E-state index in [0.717, 1.165) is 10.8 Å². The van der Waals surface area contributed by atoms with E-state index >= 15 is 0 Å². The van der Waals surface area contributed by atoms with Gasteiger partial charge in [0.15, 0.2) is 8.87 Å². The van der Waals surface area contributed by atoms with Crippen molar-refractivity contribution in [3.05, 3.63) is 0 Å². The molecule has 0 aliphatic carbocycles. The van der Waals surface area contributed by atoms with Gasteiger partial charge in [-0.3, -0.25) is 0 Å². The average Bonchev–Trinajstić information content (AvgIpc) is 1.59. The molecular formula is C3H7ClO2S2. The van der Waals surface area contributed by atoms with Crippen molar-refractivity contribution in [2.75, 3.05) is 17.9 Å². The van der Waals surface area contributed by atoms with Gasteiger partial charge in [0.2, 0.25) is 0 Å². The molecule has 0 N–H and O–H groups in total. The first-order chi connectivity index (χ1) is 3.56. The van der Waals surface area contributed by atoms with E-state index in [1.807, 2.05) is 0 Å². The minimum Gasteiger partial charge on any atom is -0.218 e. The van der Waals surface area contributed by atoms with Gasteiger partial charge in [0, 0.05) is 17.9 Å². The number of rotatable bonds is 3. The van der Waals surface area contributed by atoms with Gasteiger partial charge in [-0.25, -0.2) is 8.42 Å². The van der Waals surface area contributed by atoms with Gasteiger partial charge in [0.1, 0.15) is 0 Å². The van der Waals surface area contributed by atoms with Gasteiger partial charge in [-0.2, -0.15) is 0 Å². The maximum atomic E-state index is 10.3. The van der Waals surface area contributed by atoms with E-state index in [1.165, 1.54) is 6.26 Å². The molecule has 0 unspecified atom stereocenters. The van der Waals surface area contributed by atoms with Crippen LogP contribution in [0.15, 0.2) is 0 Å². The molecular weight excluding hydrogens is 168 g/mol. The second-order valence-corrected chi connectivity index (χ2v) is 6.17. The first kappa shape index (κ1) is 8.59. The SMILES string of the molecule is CS(=O)(=O)SCCCl. The summed E-state index contributed by atoms with van der Waals surface area (Å²) >= 11 is 5.22. The molecule has 0 amide bonds. The molecule has 0 heterocycles. The summed E-state index contributed by atoms with van der Waals surface area (Å²) in [6.07, 6.45) is 1.17. The Labute approximate surface area is 57.9 Å². The van der Waals surface area contributed by atoms with Gasteiger partial charge in [0.05, 0.1) is 0 Å². The van der Waals surface area contributed by atoms with Crippen LogP contribution in [0.4, 0.5) is 0 Å². The van der Waals surface area contributed by atoms with E-state index < -0.39 is 8.87 Å². The fraction of sp³-hybridized carbons (Fsp3) is 1.00. The zero-order valence-corrected chi connectivity index (χ0v) is 6.81. The maximum Gasteiger partial charge on any atom is 0.198 e. The predicted molar refractivity (Wildman–Crippen MR) is 38.0 cm³/mol. The van der Waals surface area contributed by atoms with E-state index in [9.17, 15) is 8.42 Å². The molecule has 0 radical (unpaired) electrons. The lowest BCUT2D eigenvalue weighted by Gasteiger charge is -1.89. The Morgan fingerprint density at radius 1 is 1.62 bits per heavy atom. The molecule has 0 rings (SSSR count). The van der Waals surface area contributed by atoms with Crippen molar-refractivity contribution in [3.63, 3.8) is 0 Å². The zero-order chi connectivity index (χ0) is 6.62. The Hall–Kier alpha value is 0.590. The summed E-state index contributed by atoms with van der Waals surface area (Å²) in [6, 6.07) is 0.